The van der Waals surface area contributed by atoms with Crippen LogP contribution in [0.25, 0.3) is 6.08 Å². The molecule has 4 aromatic rings. The smallest absolute Gasteiger partial charge is 0.206 e. The Kier molecular flexibility index (Phi) is 6.99. The Labute approximate surface area is 191 Å². The van der Waals surface area contributed by atoms with Gasteiger partial charge in [-0.05, 0) is 36.8 Å². The van der Waals surface area contributed by atoms with E-state index in [1.807, 2.05) is 66.9 Å². The summed E-state index contributed by atoms with van der Waals surface area (Å²) in [4.78, 5) is 18.7. The third-order valence-electron chi connectivity index (χ3n) is 4.48. The summed E-state index contributed by atoms with van der Waals surface area (Å²) in [5, 5.41) is 3.27. The minimum absolute atomic E-state index is 0.573. The van der Waals surface area contributed by atoms with E-state index >= 15 is 0 Å². The van der Waals surface area contributed by atoms with Crippen LogP contribution in [-0.2, 0) is 6.42 Å². The standard InChI is InChI=1S/C25H23N5OS/c1-3-5-11-22-21(4-2)28-25(29-22)30-24-23(31-18-9-7-6-8-10-18)16-20(17-27-24)32-19-12-14-26-15-13-19/h3,5-17H,1,4H2,2H3,(H2,27,28,29,30)/b11-5-. The second kappa shape index (κ2) is 10.5. The highest BCUT2D eigenvalue weighted by Gasteiger charge is 2.13. The van der Waals surface area contributed by atoms with Gasteiger partial charge in [0.15, 0.2) is 11.6 Å². The van der Waals surface area contributed by atoms with Crippen LogP contribution in [0.5, 0.6) is 11.5 Å². The van der Waals surface area contributed by atoms with Crippen LogP contribution in [0, 0.1) is 0 Å². The highest BCUT2D eigenvalue weighted by atomic mass is 32.2. The van der Waals surface area contributed by atoms with Gasteiger partial charge in [0.1, 0.15) is 5.75 Å². The maximum absolute atomic E-state index is 6.17. The fraction of sp³-hybridized carbons (Fsp3) is 0.0800. The van der Waals surface area contributed by atoms with Crippen LogP contribution in [0.15, 0.2) is 95.6 Å². The minimum atomic E-state index is 0.573. The summed E-state index contributed by atoms with van der Waals surface area (Å²) >= 11 is 1.59. The molecule has 3 heterocycles. The zero-order valence-corrected chi connectivity index (χ0v) is 18.5. The van der Waals surface area contributed by atoms with Gasteiger partial charge in [0.2, 0.25) is 5.95 Å². The first kappa shape index (κ1) is 21.4. The number of pyridine rings is 2. The minimum Gasteiger partial charge on any atom is -0.453 e. The number of aromatic amines is 1. The number of imidazole rings is 1. The van der Waals surface area contributed by atoms with Gasteiger partial charge in [-0.2, -0.15) is 0 Å². The molecule has 0 aliphatic carbocycles. The molecule has 3 aromatic heterocycles. The number of aromatic nitrogens is 4. The van der Waals surface area contributed by atoms with Crippen LogP contribution >= 0.6 is 11.8 Å². The molecule has 0 spiro atoms. The molecule has 0 fully saturated rings. The van der Waals surface area contributed by atoms with Crippen molar-refractivity contribution in [3.05, 3.63) is 97.2 Å². The highest BCUT2D eigenvalue weighted by Crippen LogP contribution is 2.35. The third kappa shape index (κ3) is 5.44. The lowest BCUT2D eigenvalue weighted by Gasteiger charge is -2.12. The fourth-order valence-electron chi connectivity index (χ4n) is 2.97. The van der Waals surface area contributed by atoms with Crippen molar-refractivity contribution >= 4 is 29.6 Å². The van der Waals surface area contributed by atoms with Gasteiger partial charge in [-0.3, -0.25) is 4.98 Å². The van der Waals surface area contributed by atoms with E-state index in [9.17, 15) is 0 Å². The van der Waals surface area contributed by atoms with Gasteiger partial charge in [0, 0.05) is 40.1 Å². The molecule has 0 atom stereocenters. The highest BCUT2D eigenvalue weighted by molar-refractivity contribution is 7.99. The maximum Gasteiger partial charge on any atom is 0.206 e. The lowest BCUT2D eigenvalue weighted by molar-refractivity contribution is 0.481. The summed E-state index contributed by atoms with van der Waals surface area (Å²) in [5.74, 6) is 2.51. The molecule has 32 heavy (non-hydrogen) atoms. The Morgan fingerprint density at radius 1 is 1.12 bits per heavy atom. The van der Waals surface area contributed by atoms with E-state index in [0.717, 1.165) is 33.3 Å². The first-order chi connectivity index (χ1) is 15.7. The fourth-order valence-corrected chi connectivity index (χ4v) is 3.77. The summed E-state index contributed by atoms with van der Waals surface area (Å²) in [7, 11) is 0. The largest absolute Gasteiger partial charge is 0.453 e. The number of hydrogen-bond acceptors (Lipinski definition) is 6. The van der Waals surface area contributed by atoms with Crippen LogP contribution in [0.2, 0.25) is 0 Å². The van der Waals surface area contributed by atoms with E-state index in [2.05, 4.69) is 38.8 Å². The van der Waals surface area contributed by atoms with E-state index in [-0.39, 0.29) is 0 Å². The number of aryl methyl sites for hydroxylation is 1. The van der Waals surface area contributed by atoms with E-state index in [1.165, 1.54) is 0 Å². The summed E-state index contributed by atoms with van der Waals surface area (Å²) < 4.78 is 6.17. The quantitative estimate of drug-likeness (QED) is 0.283. The molecule has 160 valence electrons. The SMILES string of the molecule is C=C/C=C\c1nc(Nc2ncc(Sc3ccncc3)cc2Oc2ccccc2)[nH]c1CC. The molecule has 0 bridgehead atoms. The molecule has 2 N–H and O–H groups in total. The zero-order valence-electron chi connectivity index (χ0n) is 17.7. The van der Waals surface area contributed by atoms with Gasteiger partial charge in [-0.25, -0.2) is 9.97 Å². The van der Waals surface area contributed by atoms with Crippen LogP contribution in [-0.4, -0.2) is 19.9 Å². The molecule has 0 radical (unpaired) electrons. The normalized spacial score (nSPS) is 10.9. The van der Waals surface area contributed by atoms with Crippen molar-refractivity contribution < 1.29 is 4.74 Å². The predicted molar refractivity (Wildman–Crippen MR) is 130 cm³/mol. The molecular formula is C25H23N5OS. The van der Waals surface area contributed by atoms with Gasteiger partial charge < -0.3 is 15.0 Å². The molecule has 7 heteroatoms. The first-order valence-corrected chi connectivity index (χ1v) is 11.0. The summed E-state index contributed by atoms with van der Waals surface area (Å²) in [5.41, 5.74) is 1.89. The second-order valence-electron chi connectivity index (χ2n) is 6.74. The Morgan fingerprint density at radius 2 is 1.94 bits per heavy atom. The van der Waals surface area contributed by atoms with E-state index < -0.39 is 0 Å². The van der Waals surface area contributed by atoms with Crippen LogP contribution < -0.4 is 10.1 Å². The van der Waals surface area contributed by atoms with Crippen molar-refractivity contribution in [2.45, 2.75) is 23.1 Å². The molecule has 0 amide bonds. The number of allylic oxidation sites excluding steroid dienone is 2. The molecular weight excluding hydrogens is 418 g/mol. The number of para-hydroxylation sites is 1. The van der Waals surface area contributed by atoms with Crippen molar-refractivity contribution in [3.8, 4) is 11.5 Å². The molecule has 6 nitrogen and oxygen atoms in total. The number of H-pyrrole nitrogens is 1. The number of rotatable bonds is 9. The van der Waals surface area contributed by atoms with Gasteiger partial charge in [-0.15, -0.1) is 0 Å². The van der Waals surface area contributed by atoms with Crippen molar-refractivity contribution in [2.75, 3.05) is 5.32 Å². The van der Waals surface area contributed by atoms with E-state index in [1.54, 1.807) is 30.2 Å². The van der Waals surface area contributed by atoms with Gasteiger partial charge in [-0.1, -0.05) is 55.6 Å². The third-order valence-corrected chi connectivity index (χ3v) is 5.44. The molecule has 0 unspecified atom stereocenters. The van der Waals surface area contributed by atoms with Crippen molar-refractivity contribution in [1.82, 2.24) is 19.9 Å². The zero-order chi connectivity index (χ0) is 22.2. The first-order valence-electron chi connectivity index (χ1n) is 10.2. The lowest BCUT2D eigenvalue weighted by Crippen LogP contribution is -1.99. The average molecular weight is 442 g/mol. The van der Waals surface area contributed by atoms with Crippen molar-refractivity contribution in [1.29, 1.82) is 0 Å². The molecule has 0 aliphatic heterocycles. The van der Waals surface area contributed by atoms with E-state index in [0.29, 0.717) is 17.5 Å². The monoisotopic (exact) mass is 441 g/mol. The summed E-state index contributed by atoms with van der Waals surface area (Å²) in [6, 6.07) is 15.5. The topological polar surface area (TPSA) is 75.7 Å². The molecule has 1 aromatic carbocycles. The summed E-state index contributed by atoms with van der Waals surface area (Å²) in [6.45, 7) is 5.80. The lowest BCUT2D eigenvalue weighted by atomic mass is 10.2. The molecule has 4 rings (SSSR count). The van der Waals surface area contributed by atoms with Crippen LogP contribution in [0.4, 0.5) is 11.8 Å². The number of benzene rings is 1. The molecule has 0 saturated carbocycles. The Balaban J connectivity index is 1.65. The van der Waals surface area contributed by atoms with Gasteiger partial charge >= 0.3 is 0 Å². The molecule has 0 aliphatic rings. The van der Waals surface area contributed by atoms with Gasteiger partial charge in [0.05, 0.1) is 5.69 Å². The Morgan fingerprint density at radius 3 is 2.69 bits per heavy atom. The van der Waals surface area contributed by atoms with Crippen LogP contribution in [0.3, 0.4) is 0 Å². The number of hydrogen-bond donors (Lipinski definition) is 2. The number of nitrogens with zero attached hydrogens (tertiary/aromatic N) is 3. The summed E-state index contributed by atoms with van der Waals surface area (Å²) in [6.07, 6.45) is 11.7. The maximum atomic E-state index is 6.17. The predicted octanol–water partition coefficient (Wildman–Crippen LogP) is 6.65. The van der Waals surface area contributed by atoms with E-state index in [4.69, 9.17) is 4.74 Å². The Hall–Kier alpha value is -3.84. The number of nitrogens with one attached hydrogen (secondary N) is 2. The van der Waals surface area contributed by atoms with Crippen LogP contribution in [0.1, 0.15) is 18.3 Å². The molecule has 0 saturated heterocycles. The number of anilines is 2. The Bertz CT molecular complexity index is 1210. The van der Waals surface area contributed by atoms with Gasteiger partial charge in [0.25, 0.3) is 0 Å². The average Bonchev–Trinajstić information content (AvgIpc) is 3.22. The number of ether oxygens (including phenoxy) is 1. The second-order valence-corrected chi connectivity index (χ2v) is 7.89. The van der Waals surface area contributed by atoms with Crippen molar-refractivity contribution in [3.63, 3.8) is 0 Å². The van der Waals surface area contributed by atoms with Crippen molar-refractivity contribution in [2.24, 2.45) is 0 Å².